The van der Waals surface area contributed by atoms with Gasteiger partial charge in [0.15, 0.2) is 0 Å². The number of likely N-dealkylation sites (N-methyl/N-ethyl adjacent to an activating group) is 1. The van der Waals surface area contributed by atoms with Crippen LogP contribution in [0.4, 0.5) is 0 Å². The summed E-state index contributed by atoms with van der Waals surface area (Å²) in [4.78, 5) is 16.1. The molecule has 0 aliphatic carbocycles. The number of β-amino-alcohol motifs (C(OH)–C–C–N with tert-alkyl or cyclic N) is 1. The van der Waals surface area contributed by atoms with Gasteiger partial charge in [0, 0.05) is 32.3 Å². The molecule has 0 aromatic rings. The SMILES string of the molecule is CC(C)OCCCNC(=O)CN1CC(O)CC1CN(C)C. The van der Waals surface area contributed by atoms with Crippen molar-refractivity contribution in [3.05, 3.63) is 0 Å². The summed E-state index contributed by atoms with van der Waals surface area (Å²) in [5.41, 5.74) is 0. The number of carbonyl (C=O) groups is 1. The fraction of sp³-hybridized carbons (Fsp3) is 0.933. The molecule has 0 aromatic carbocycles. The molecule has 2 N–H and O–H groups in total. The molecular formula is C15H31N3O3. The molecule has 2 unspecified atom stereocenters. The quantitative estimate of drug-likeness (QED) is 0.583. The molecule has 1 aliphatic rings. The van der Waals surface area contributed by atoms with E-state index < -0.39 is 0 Å². The van der Waals surface area contributed by atoms with Gasteiger partial charge < -0.3 is 20.1 Å². The first kappa shape index (κ1) is 18.4. The Kier molecular flexibility index (Phi) is 8.18. The molecule has 1 rings (SSSR count). The summed E-state index contributed by atoms with van der Waals surface area (Å²) in [5, 5.41) is 12.7. The van der Waals surface area contributed by atoms with E-state index in [4.69, 9.17) is 4.74 Å². The van der Waals surface area contributed by atoms with Crippen LogP contribution >= 0.6 is 0 Å². The maximum atomic E-state index is 11.9. The minimum Gasteiger partial charge on any atom is -0.392 e. The standard InChI is InChI=1S/C15H31N3O3/c1-12(2)21-7-5-6-16-15(20)11-18-10-14(19)8-13(18)9-17(3)4/h12-14,19H,5-11H2,1-4H3,(H,16,20). The van der Waals surface area contributed by atoms with Gasteiger partial charge in [0.1, 0.15) is 0 Å². The van der Waals surface area contributed by atoms with Gasteiger partial charge in [-0.2, -0.15) is 0 Å². The van der Waals surface area contributed by atoms with Crippen LogP contribution in [0.25, 0.3) is 0 Å². The zero-order valence-electron chi connectivity index (χ0n) is 13.8. The second kappa shape index (κ2) is 9.35. The van der Waals surface area contributed by atoms with E-state index in [1.54, 1.807) is 0 Å². The second-order valence-electron chi connectivity index (χ2n) is 6.36. The van der Waals surface area contributed by atoms with Crippen LogP contribution in [-0.4, -0.2) is 85.9 Å². The number of ether oxygens (including phenoxy) is 1. The predicted octanol–water partition coefficient (Wildman–Crippen LogP) is -0.0855. The third kappa shape index (κ3) is 7.76. The first-order valence-corrected chi connectivity index (χ1v) is 7.83. The van der Waals surface area contributed by atoms with Crippen LogP contribution in [0.2, 0.25) is 0 Å². The number of nitrogens with zero attached hydrogens (tertiary/aromatic N) is 2. The first-order valence-electron chi connectivity index (χ1n) is 7.83. The second-order valence-corrected chi connectivity index (χ2v) is 6.36. The van der Waals surface area contributed by atoms with E-state index in [1.807, 2.05) is 27.9 Å². The molecule has 0 spiro atoms. The van der Waals surface area contributed by atoms with E-state index in [9.17, 15) is 9.90 Å². The van der Waals surface area contributed by atoms with E-state index in [0.29, 0.717) is 26.2 Å². The largest absolute Gasteiger partial charge is 0.392 e. The number of likely N-dealkylation sites (tertiary alicyclic amines) is 1. The lowest BCUT2D eigenvalue weighted by Gasteiger charge is -2.26. The molecule has 1 aliphatic heterocycles. The highest BCUT2D eigenvalue weighted by atomic mass is 16.5. The van der Waals surface area contributed by atoms with Gasteiger partial charge in [0.2, 0.25) is 5.91 Å². The van der Waals surface area contributed by atoms with E-state index in [1.165, 1.54) is 0 Å². The van der Waals surface area contributed by atoms with Gasteiger partial charge in [-0.15, -0.1) is 0 Å². The monoisotopic (exact) mass is 301 g/mol. The lowest BCUT2D eigenvalue weighted by atomic mass is 10.2. The molecule has 0 bridgehead atoms. The topological polar surface area (TPSA) is 65.0 Å². The van der Waals surface area contributed by atoms with Crippen LogP contribution in [0.15, 0.2) is 0 Å². The number of hydrogen-bond acceptors (Lipinski definition) is 5. The number of nitrogens with one attached hydrogen (secondary N) is 1. The van der Waals surface area contributed by atoms with E-state index in [2.05, 4.69) is 15.1 Å². The highest BCUT2D eigenvalue weighted by Crippen LogP contribution is 2.17. The molecule has 0 radical (unpaired) electrons. The molecule has 0 aromatic heterocycles. The number of aliphatic hydroxyl groups excluding tert-OH is 1. The number of hydrogen-bond donors (Lipinski definition) is 2. The molecule has 1 fully saturated rings. The summed E-state index contributed by atoms with van der Waals surface area (Å²) in [5.74, 6) is 0.0254. The van der Waals surface area contributed by atoms with Crippen molar-refractivity contribution in [1.29, 1.82) is 0 Å². The highest BCUT2D eigenvalue weighted by Gasteiger charge is 2.32. The van der Waals surface area contributed by atoms with Crippen LogP contribution in [0.3, 0.4) is 0 Å². The number of carbonyl (C=O) groups excluding carboxylic acids is 1. The predicted molar refractivity (Wildman–Crippen MR) is 83.3 cm³/mol. The van der Waals surface area contributed by atoms with Gasteiger partial charge in [-0.25, -0.2) is 0 Å². The lowest BCUT2D eigenvalue weighted by Crippen LogP contribution is -2.43. The van der Waals surface area contributed by atoms with Gasteiger partial charge in [-0.1, -0.05) is 0 Å². The zero-order chi connectivity index (χ0) is 15.8. The van der Waals surface area contributed by atoms with Crippen LogP contribution in [0.5, 0.6) is 0 Å². The van der Waals surface area contributed by atoms with Crippen LogP contribution in [-0.2, 0) is 9.53 Å². The van der Waals surface area contributed by atoms with Gasteiger partial charge in [-0.05, 0) is 40.8 Å². The van der Waals surface area contributed by atoms with Crippen molar-refractivity contribution in [2.45, 2.75) is 44.9 Å². The fourth-order valence-corrected chi connectivity index (χ4v) is 2.62. The maximum absolute atomic E-state index is 11.9. The molecule has 6 heteroatoms. The van der Waals surface area contributed by atoms with Crippen molar-refractivity contribution in [2.75, 3.05) is 46.9 Å². The Morgan fingerprint density at radius 2 is 2.19 bits per heavy atom. The fourth-order valence-electron chi connectivity index (χ4n) is 2.62. The third-order valence-electron chi connectivity index (χ3n) is 3.52. The van der Waals surface area contributed by atoms with Gasteiger partial charge >= 0.3 is 0 Å². The summed E-state index contributed by atoms with van der Waals surface area (Å²) >= 11 is 0. The Morgan fingerprint density at radius 1 is 1.48 bits per heavy atom. The van der Waals surface area contributed by atoms with Crippen molar-refractivity contribution >= 4 is 5.91 Å². The average Bonchev–Trinajstić information content (AvgIpc) is 2.67. The molecule has 21 heavy (non-hydrogen) atoms. The third-order valence-corrected chi connectivity index (χ3v) is 3.52. The normalized spacial score (nSPS) is 23.2. The van der Waals surface area contributed by atoms with E-state index in [0.717, 1.165) is 19.4 Å². The minimum absolute atomic E-state index is 0.0254. The Balaban J connectivity index is 2.23. The summed E-state index contributed by atoms with van der Waals surface area (Å²) in [6.45, 7) is 7.13. The average molecular weight is 301 g/mol. The molecule has 124 valence electrons. The van der Waals surface area contributed by atoms with E-state index >= 15 is 0 Å². The lowest BCUT2D eigenvalue weighted by molar-refractivity contribution is -0.122. The number of aliphatic hydroxyl groups is 1. The smallest absolute Gasteiger partial charge is 0.234 e. The zero-order valence-corrected chi connectivity index (χ0v) is 13.8. The molecule has 6 nitrogen and oxygen atoms in total. The molecule has 0 saturated carbocycles. The molecule has 2 atom stereocenters. The molecule has 1 amide bonds. The Labute approximate surface area is 128 Å². The Bertz CT molecular complexity index is 311. The number of amides is 1. The summed E-state index contributed by atoms with van der Waals surface area (Å²) in [7, 11) is 4.02. The van der Waals surface area contributed by atoms with Crippen molar-refractivity contribution in [1.82, 2.24) is 15.1 Å². The highest BCUT2D eigenvalue weighted by molar-refractivity contribution is 5.78. The minimum atomic E-state index is -0.317. The molecular weight excluding hydrogens is 270 g/mol. The molecule has 1 saturated heterocycles. The van der Waals surface area contributed by atoms with Crippen molar-refractivity contribution in [3.63, 3.8) is 0 Å². The van der Waals surface area contributed by atoms with Crippen molar-refractivity contribution in [3.8, 4) is 0 Å². The Morgan fingerprint density at radius 3 is 2.81 bits per heavy atom. The van der Waals surface area contributed by atoms with Gasteiger partial charge in [0.05, 0.1) is 18.8 Å². The van der Waals surface area contributed by atoms with Crippen LogP contribution in [0.1, 0.15) is 26.7 Å². The maximum Gasteiger partial charge on any atom is 0.234 e. The summed E-state index contributed by atoms with van der Waals surface area (Å²) in [6, 6.07) is 0.255. The van der Waals surface area contributed by atoms with Crippen LogP contribution < -0.4 is 5.32 Å². The van der Waals surface area contributed by atoms with E-state index in [-0.39, 0.29) is 24.2 Å². The Hall–Kier alpha value is -0.690. The van der Waals surface area contributed by atoms with Gasteiger partial charge in [0.25, 0.3) is 0 Å². The summed E-state index contributed by atoms with van der Waals surface area (Å²) < 4.78 is 5.43. The molecule has 1 heterocycles. The first-order chi connectivity index (χ1) is 9.88. The van der Waals surface area contributed by atoms with Crippen LogP contribution in [0, 0.1) is 0 Å². The summed E-state index contributed by atoms with van der Waals surface area (Å²) in [6.07, 6.45) is 1.49. The number of rotatable bonds is 9. The van der Waals surface area contributed by atoms with Crippen molar-refractivity contribution < 1.29 is 14.6 Å². The van der Waals surface area contributed by atoms with Gasteiger partial charge in [-0.3, -0.25) is 9.69 Å². The van der Waals surface area contributed by atoms with Crippen molar-refractivity contribution in [2.24, 2.45) is 0 Å².